The van der Waals surface area contributed by atoms with Gasteiger partial charge >= 0.3 is 0 Å². The molecular formula is C19H23N5O. The van der Waals surface area contributed by atoms with Crippen LogP contribution < -0.4 is 11.5 Å². The third-order valence-corrected chi connectivity index (χ3v) is 5.13. The van der Waals surface area contributed by atoms with E-state index in [1.165, 1.54) is 32.4 Å². The van der Waals surface area contributed by atoms with Gasteiger partial charge in [-0.25, -0.2) is 4.98 Å². The summed E-state index contributed by atoms with van der Waals surface area (Å²) in [6.45, 7) is 4.18. The van der Waals surface area contributed by atoms with Crippen molar-refractivity contribution in [3.05, 3.63) is 35.9 Å². The van der Waals surface area contributed by atoms with Crippen LogP contribution in [0.15, 0.2) is 30.3 Å². The molecule has 130 valence electrons. The van der Waals surface area contributed by atoms with Gasteiger partial charge < -0.3 is 20.9 Å². The van der Waals surface area contributed by atoms with Gasteiger partial charge in [-0.2, -0.15) is 0 Å². The highest BCUT2D eigenvalue weighted by Gasteiger charge is 2.17. The van der Waals surface area contributed by atoms with Crippen LogP contribution in [-0.2, 0) is 6.54 Å². The van der Waals surface area contributed by atoms with E-state index in [-0.39, 0.29) is 11.4 Å². The first-order chi connectivity index (χ1) is 12.1. The van der Waals surface area contributed by atoms with Crippen molar-refractivity contribution in [1.82, 2.24) is 14.5 Å². The van der Waals surface area contributed by atoms with Crippen LogP contribution >= 0.6 is 0 Å². The lowest BCUT2D eigenvalue weighted by Gasteiger charge is -2.26. The Kier molecular flexibility index (Phi) is 4.05. The number of benzene rings is 1. The molecule has 0 unspecified atom stereocenters. The number of likely N-dealkylation sites (tertiary alicyclic amines) is 1. The van der Waals surface area contributed by atoms with Crippen LogP contribution in [0.3, 0.4) is 0 Å². The second-order valence-electron chi connectivity index (χ2n) is 6.73. The Labute approximate surface area is 146 Å². The standard InChI is InChI=1S/C19H23N5O/c20-17-15(18(21)25)12-14-13-6-2-3-7-16(13)24(19(14)22-17)11-10-23-8-4-1-5-9-23/h2-3,6-7,12H,1,4-5,8-11H2,(H2,20,22)(H2,21,25). The minimum atomic E-state index is -0.544. The first-order valence-electron chi connectivity index (χ1n) is 8.85. The lowest BCUT2D eigenvalue weighted by molar-refractivity contribution is 0.100. The summed E-state index contributed by atoms with van der Waals surface area (Å²) in [6, 6.07) is 9.94. The normalized spacial score (nSPS) is 15.8. The predicted molar refractivity (Wildman–Crippen MR) is 100 cm³/mol. The second-order valence-corrected chi connectivity index (χ2v) is 6.73. The van der Waals surface area contributed by atoms with Gasteiger partial charge in [-0.3, -0.25) is 4.79 Å². The van der Waals surface area contributed by atoms with Crippen LogP contribution in [0.4, 0.5) is 5.82 Å². The molecule has 0 bridgehead atoms. The molecular weight excluding hydrogens is 314 g/mol. The minimum Gasteiger partial charge on any atom is -0.383 e. The van der Waals surface area contributed by atoms with Crippen LogP contribution in [-0.4, -0.2) is 40.0 Å². The molecule has 3 heterocycles. The molecule has 6 heteroatoms. The molecule has 0 radical (unpaired) electrons. The van der Waals surface area contributed by atoms with Crippen LogP contribution in [0.2, 0.25) is 0 Å². The zero-order chi connectivity index (χ0) is 17.4. The van der Waals surface area contributed by atoms with Crippen molar-refractivity contribution >= 4 is 33.7 Å². The summed E-state index contributed by atoms with van der Waals surface area (Å²) in [5.74, 6) is -0.348. The average Bonchev–Trinajstić information content (AvgIpc) is 2.92. The lowest BCUT2D eigenvalue weighted by atomic mass is 10.1. The van der Waals surface area contributed by atoms with Gasteiger partial charge in [-0.15, -0.1) is 0 Å². The fourth-order valence-electron chi connectivity index (χ4n) is 3.82. The van der Waals surface area contributed by atoms with Crippen molar-refractivity contribution in [3.8, 4) is 0 Å². The van der Waals surface area contributed by atoms with Crippen LogP contribution in [0.25, 0.3) is 21.9 Å². The molecule has 1 aliphatic heterocycles. The number of nitrogens with zero attached hydrogens (tertiary/aromatic N) is 3. The zero-order valence-corrected chi connectivity index (χ0v) is 14.2. The van der Waals surface area contributed by atoms with E-state index in [4.69, 9.17) is 11.5 Å². The maximum atomic E-state index is 11.6. The summed E-state index contributed by atoms with van der Waals surface area (Å²) in [5, 5.41) is 2.00. The van der Waals surface area contributed by atoms with Gasteiger partial charge in [0.2, 0.25) is 0 Å². The number of pyridine rings is 1. The number of nitrogens with two attached hydrogens (primary N) is 2. The Hall–Kier alpha value is -2.60. The molecule has 0 spiro atoms. The first-order valence-corrected chi connectivity index (χ1v) is 8.85. The number of amides is 1. The number of para-hydroxylation sites is 1. The first kappa shape index (κ1) is 15.9. The number of aromatic nitrogens is 2. The molecule has 1 fully saturated rings. The Bertz CT molecular complexity index is 940. The number of nitrogen functional groups attached to an aromatic ring is 1. The number of carbonyl (C=O) groups is 1. The Morgan fingerprint density at radius 1 is 1.08 bits per heavy atom. The van der Waals surface area contributed by atoms with Gasteiger partial charge in [0, 0.05) is 23.9 Å². The molecule has 25 heavy (non-hydrogen) atoms. The smallest absolute Gasteiger partial charge is 0.252 e. The molecule has 1 aromatic carbocycles. The molecule has 6 nitrogen and oxygen atoms in total. The van der Waals surface area contributed by atoms with Gasteiger partial charge in [-0.1, -0.05) is 24.6 Å². The molecule has 3 aromatic rings. The van der Waals surface area contributed by atoms with Gasteiger partial charge in [0.25, 0.3) is 5.91 Å². The molecule has 0 aliphatic carbocycles. The van der Waals surface area contributed by atoms with Crippen molar-refractivity contribution in [3.63, 3.8) is 0 Å². The summed E-state index contributed by atoms with van der Waals surface area (Å²) < 4.78 is 2.21. The molecule has 1 saturated heterocycles. The maximum absolute atomic E-state index is 11.6. The quantitative estimate of drug-likeness (QED) is 0.765. The summed E-state index contributed by atoms with van der Waals surface area (Å²) in [5.41, 5.74) is 13.6. The number of primary amides is 1. The van der Waals surface area contributed by atoms with E-state index in [9.17, 15) is 4.79 Å². The third-order valence-electron chi connectivity index (χ3n) is 5.13. The lowest BCUT2D eigenvalue weighted by Crippen LogP contribution is -2.32. The fraction of sp³-hybridized carbons (Fsp3) is 0.368. The molecule has 4 rings (SSSR count). The average molecular weight is 337 g/mol. The predicted octanol–water partition coefficient (Wildman–Crippen LogP) is 2.36. The van der Waals surface area contributed by atoms with Crippen molar-refractivity contribution < 1.29 is 4.79 Å². The zero-order valence-electron chi connectivity index (χ0n) is 14.2. The number of rotatable bonds is 4. The van der Waals surface area contributed by atoms with Gasteiger partial charge in [0.05, 0.1) is 11.1 Å². The summed E-state index contributed by atoms with van der Waals surface area (Å²) in [4.78, 5) is 18.7. The van der Waals surface area contributed by atoms with Crippen molar-refractivity contribution in [2.75, 3.05) is 25.4 Å². The number of hydrogen-bond donors (Lipinski definition) is 2. The number of hydrogen-bond acceptors (Lipinski definition) is 4. The van der Waals surface area contributed by atoms with Crippen LogP contribution in [0, 0.1) is 0 Å². The molecule has 0 atom stereocenters. The van der Waals surface area contributed by atoms with E-state index in [2.05, 4.69) is 26.6 Å². The van der Waals surface area contributed by atoms with E-state index in [0.29, 0.717) is 0 Å². The highest BCUT2D eigenvalue weighted by Crippen LogP contribution is 2.30. The van der Waals surface area contributed by atoms with Gasteiger partial charge in [0.15, 0.2) is 0 Å². The largest absolute Gasteiger partial charge is 0.383 e. The van der Waals surface area contributed by atoms with Gasteiger partial charge in [0.1, 0.15) is 11.5 Å². The Morgan fingerprint density at radius 3 is 2.60 bits per heavy atom. The third kappa shape index (κ3) is 2.82. The topological polar surface area (TPSA) is 90.2 Å². The van der Waals surface area contributed by atoms with E-state index >= 15 is 0 Å². The number of carbonyl (C=O) groups excluding carboxylic acids is 1. The molecule has 4 N–H and O–H groups in total. The molecule has 1 aliphatic rings. The second kappa shape index (κ2) is 6.37. The number of piperidine rings is 1. The van der Waals surface area contributed by atoms with Gasteiger partial charge in [-0.05, 0) is 38.1 Å². The van der Waals surface area contributed by atoms with Crippen LogP contribution in [0.5, 0.6) is 0 Å². The van der Waals surface area contributed by atoms with Crippen molar-refractivity contribution in [1.29, 1.82) is 0 Å². The maximum Gasteiger partial charge on any atom is 0.252 e. The molecule has 2 aromatic heterocycles. The number of fused-ring (bicyclic) bond motifs is 3. The SMILES string of the molecule is NC(=O)c1cc2c3ccccc3n(CCN3CCCCC3)c2nc1N. The number of anilines is 1. The fourth-order valence-corrected chi connectivity index (χ4v) is 3.82. The Morgan fingerprint density at radius 2 is 1.84 bits per heavy atom. The molecule has 1 amide bonds. The van der Waals surface area contributed by atoms with Crippen molar-refractivity contribution in [2.45, 2.75) is 25.8 Å². The summed E-state index contributed by atoms with van der Waals surface area (Å²) in [6.07, 6.45) is 3.89. The summed E-state index contributed by atoms with van der Waals surface area (Å²) in [7, 11) is 0. The highest BCUT2D eigenvalue weighted by molar-refractivity contribution is 6.10. The Balaban J connectivity index is 1.80. The van der Waals surface area contributed by atoms with E-state index in [1.807, 2.05) is 12.1 Å². The molecule has 0 saturated carbocycles. The van der Waals surface area contributed by atoms with Crippen LogP contribution in [0.1, 0.15) is 29.6 Å². The van der Waals surface area contributed by atoms with E-state index in [1.54, 1.807) is 6.07 Å². The monoisotopic (exact) mass is 337 g/mol. The van der Waals surface area contributed by atoms with E-state index in [0.717, 1.165) is 35.0 Å². The summed E-state index contributed by atoms with van der Waals surface area (Å²) >= 11 is 0. The minimum absolute atomic E-state index is 0.196. The van der Waals surface area contributed by atoms with E-state index < -0.39 is 5.91 Å². The highest BCUT2D eigenvalue weighted by atomic mass is 16.1. The van der Waals surface area contributed by atoms with Crippen molar-refractivity contribution in [2.24, 2.45) is 5.73 Å².